The Morgan fingerprint density at radius 3 is 2.24 bits per heavy atom. The van der Waals surface area contributed by atoms with E-state index in [-0.39, 0.29) is 26.5 Å². The second kappa shape index (κ2) is 12.4. The van der Waals surface area contributed by atoms with Crippen LogP contribution in [0, 0.1) is 0 Å². The molecule has 6 nitrogen and oxygen atoms in total. The molecule has 0 bridgehead atoms. The van der Waals surface area contributed by atoms with Crippen LogP contribution in [0.15, 0.2) is 107 Å². The Kier molecular flexibility index (Phi) is 9.00. The molecular formula is C27H22Cl2N2O4S2. The summed E-state index contributed by atoms with van der Waals surface area (Å²) in [6.07, 6.45) is 0. The van der Waals surface area contributed by atoms with Gasteiger partial charge >= 0.3 is 0 Å². The molecule has 0 atom stereocenters. The third kappa shape index (κ3) is 7.42. The van der Waals surface area contributed by atoms with Gasteiger partial charge in [0, 0.05) is 21.9 Å². The molecule has 37 heavy (non-hydrogen) atoms. The van der Waals surface area contributed by atoms with E-state index in [1.54, 1.807) is 48.2 Å². The fraction of sp³-hybridized carbons (Fsp3) is 0.0741. The second-order valence-corrected chi connectivity index (χ2v) is 11.4. The molecular weight excluding hydrogens is 551 g/mol. The maximum absolute atomic E-state index is 12.7. The minimum absolute atomic E-state index is 0.00784. The monoisotopic (exact) mass is 572 g/mol. The molecule has 0 aromatic heterocycles. The molecule has 0 unspecified atom stereocenters. The van der Waals surface area contributed by atoms with Crippen molar-refractivity contribution in [3.8, 4) is 5.75 Å². The van der Waals surface area contributed by atoms with Crippen molar-refractivity contribution in [2.24, 2.45) is 0 Å². The van der Waals surface area contributed by atoms with Crippen LogP contribution in [0.2, 0.25) is 10.0 Å². The first-order valence-corrected chi connectivity index (χ1v) is 14.3. The zero-order chi connectivity index (χ0) is 26.3. The summed E-state index contributed by atoms with van der Waals surface area (Å²) < 4.78 is 33.6. The van der Waals surface area contributed by atoms with Crippen LogP contribution in [0.3, 0.4) is 0 Å². The molecule has 10 heteroatoms. The Labute approximate surface area is 230 Å². The van der Waals surface area contributed by atoms with Crippen LogP contribution in [0.1, 0.15) is 10.4 Å². The lowest BCUT2D eigenvalue weighted by Crippen LogP contribution is -2.14. The van der Waals surface area contributed by atoms with Gasteiger partial charge in [0.1, 0.15) is 5.75 Å². The minimum atomic E-state index is -3.90. The second-order valence-electron chi connectivity index (χ2n) is 7.72. The maximum atomic E-state index is 12.7. The molecule has 0 radical (unpaired) electrons. The number of hydrogen-bond donors (Lipinski definition) is 2. The lowest BCUT2D eigenvalue weighted by molar-refractivity contribution is 0.102. The van der Waals surface area contributed by atoms with Gasteiger partial charge in [-0.3, -0.25) is 9.52 Å². The summed E-state index contributed by atoms with van der Waals surface area (Å²) in [5.74, 6) is 1.15. The number of carbonyl (C=O) groups is 1. The van der Waals surface area contributed by atoms with E-state index in [1.807, 2.05) is 18.2 Å². The SMILES string of the molecule is O=C(Nc1ccc(S(=O)(=O)Nc2cccc(Cl)c2Cl)cc1)c1ccc(OCCSc2ccccc2)cc1. The number of halogens is 2. The maximum Gasteiger partial charge on any atom is 0.261 e. The molecule has 1 amide bonds. The van der Waals surface area contributed by atoms with Gasteiger partial charge in [0.2, 0.25) is 0 Å². The molecule has 0 saturated heterocycles. The third-order valence-corrected chi connectivity index (χ3v) is 8.28. The largest absolute Gasteiger partial charge is 0.493 e. The Hall–Kier alpha value is -3.17. The van der Waals surface area contributed by atoms with Gasteiger partial charge in [0.05, 0.1) is 27.2 Å². The van der Waals surface area contributed by atoms with E-state index in [2.05, 4.69) is 22.2 Å². The molecule has 0 aliphatic heterocycles. The summed E-state index contributed by atoms with van der Waals surface area (Å²) in [5, 5.41) is 3.10. The van der Waals surface area contributed by atoms with Gasteiger partial charge in [-0.25, -0.2) is 8.42 Å². The predicted molar refractivity (Wildman–Crippen MR) is 151 cm³/mol. The van der Waals surface area contributed by atoms with Crippen LogP contribution in [-0.2, 0) is 10.0 Å². The first-order chi connectivity index (χ1) is 17.8. The number of benzene rings is 4. The van der Waals surface area contributed by atoms with Gasteiger partial charge in [-0.2, -0.15) is 0 Å². The summed E-state index contributed by atoms with van der Waals surface area (Å²) in [6, 6.07) is 27.4. The van der Waals surface area contributed by atoms with E-state index in [1.165, 1.54) is 35.2 Å². The van der Waals surface area contributed by atoms with E-state index < -0.39 is 10.0 Å². The molecule has 190 valence electrons. The first-order valence-electron chi connectivity index (χ1n) is 11.1. The summed E-state index contributed by atoms with van der Waals surface area (Å²) in [5.41, 5.74) is 1.07. The number of nitrogens with one attached hydrogen (secondary N) is 2. The average Bonchev–Trinajstić information content (AvgIpc) is 2.90. The number of thioether (sulfide) groups is 1. The van der Waals surface area contributed by atoms with Crippen molar-refractivity contribution in [3.05, 3.63) is 113 Å². The number of hydrogen-bond acceptors (Lipinski definition) is 5. The molecule has 4 rings (SSSR count). The van der Waals surface area contributed by atoms with Gasteiger partial charge in [-0.15, -0.1) is 11.8 Å². The zero-order valence-electron chi connectivity index (χ0n) is 19.4. The van der Waals surface area contributed by atoms with Gasteiger partial charge in [0.15, 0.2) is 0 Å². The van der Waals surface area contributed by atoms with Crippen molar-refractivity contribution in [1.82, 2.24) is 0 Å². The summed E-state index contributed by atoms with van der Waals surface area (Å²) in [6.45, 7) is 0.540. The number of amides is 1. The van der Waals surface area contributed by atoms with E-state index in [4.69, 9.17) is 27.9 Å². The number of ether oxygens (including phenoxy) is 1. The highest BCUT2D eigenvalue weighted by Gasteiger charge is 2.17. The molecule has 0 spiro atoms. The van der Waals surface area contributed by atoms with Crippen molar-refractivity contribution in [2.45, 2.75) is 9.79 Å². The molecule has 4 aromatic rings. The topological polar surface area (TPSA) is 84.5 Å². The lowest BCUT2D eigenvalue weighted by atomic mass is 10.2. The van der Waals surface area contributed by atoms with Crippen LogP contribution < -0.4 is 14.8 Å². The van der Waals surface area contributed by atoms with Crippen LogP contribution in [0.5, 0.6) is 5.75 Å². The highest BCUT2D eigenvalue weighted by molar-refractivity contribution is 7.99. The number of carbonyl (C=O) groups excluding carboxylic acids is 1. The van der Waals surface area contributed by atoms with Crippen molar-refractivity contribution in [2.75, 3.05) is 22.4 Å². The quantitative estimate of drug-likeness (QED) is 0.155. The molecule has 0 saturated carbocycles. The Bertz CT molecular complexity index is 1470. The fourth-order valence-corrected chi connectivity index (χ4v) is 5.47. The van der Waals surface area contributed by atoms with Gasteiger partial charge in [-0.05, 0) is 72.8 Å². The Morgan fingerprint density at radius 1 is 0.838 bits per heavy atom. The van der Waals surface area contributed by atoms with E-state index in [9.17, 15) is 13.2 Å². The third-order valence-electron chi connectivity index (χ3n) is 5.10. The van der Waals surface area contributed by atoms with Crippen LogP contribution in [0.4, 0.5) is 11.4 Å². The Morgan fingerprint density at radius 2 is 1.54 bits per heavy atom. The average molecular weight is 574 g/mol. The molecule has 0 aliphatic rings. The normalized spacial score (nSPS) is 11.1. The summed E-state index contributed by atoms with van der Waals surface area (Å²) in [4.78, 5) is 13.8. The van der Waals surface area contributed by atoms with Crippen molar-refractivity contribution in [1.29, 1.82) is 0 Å². The van der Waals surface area contributed by atoms with Crippen LogP contribution in [-0.4, -0.2) is 26.7 Å². The van der Waals surface area contributed by atoms with Gasteiger partial charge < -0.3 is 10.1 Å². The standard InChI is InChI=1S/C27H22Cl2N2O4S2/c28-24-7-4-8-25(26(24)29)31-37(33,34)23-15-11-20(12-16-23)30-27(32)19-9-13-21(14-10-19)35-17-18-36-22-5-2-1-3-6-22/h1-16,31H,17-18H2,(H,30,32). The molecule has 0 fully saturated rings. The zero-order valence-corrected chi connectivity index (χ0v) is 22.5. The lowest BCUT2D eigenvalue weighted by Gasteiger charge is -2.11. The van der Waals surface area contributed by atoms with E-state index in [0.29, 0.717) is 23.6 Å². The minimum Gasteiger partial charge on any atom is -0.493 e. The molecule has 0 heterocycles. The Balaban J connectivity index is 1.30. The van der Waals surface area contributed by atoms with E-state index >= 15 is 0 Å². The van der Waals surface area contributed by atoms with Crippen LogP contribution in [0.25, 0.3) is 0 Å². The van der Waals surface area contributed by atoms with Gasteiger partial charge in [0.25, 0.3) is 15.9 Å². The van der Waals surface area contributed by atoms with E-state index in [0.717, 1.165) is 5.75 Å². The highest BCUT2D eigenvalue weighted by Crippen LogP contribution is 2.31. The summed E-state index contributed by atoms with van der Waals surface area (Å²) in [7, 11) is -3.90. The van der Waals surface area contributed by atoms with Crippen molar-refractivity contribution < 1.29 is 17.9 Å². The smallest absolute Gasteiger partial charge is 0.261 e. The van der Waals surface area contributed by atoms with Gasteiger partial charge in [-0.1, -0.05) is 47.5 Å². The van der Waals surface area contributed by atoms with Crippen molar-refractivity contribution >= 4 is 62.3 Å². The first kappa shape index (κ1) is 26.9. The molecule has 0 aliphatic carbocycles. The van der Waals surface area contributed by atoms with Crippen molar-refractivity contribution in [3.63, 3.8) is 0 Å². The number of rotatable bonds is 10. The van der Waals surface area contributed by atoms with Crippen LogP contribution >= 0.6 is 35.0 Å². The highest BCUT2D eigenvalue weighted by atomic mass is 35.5. The predicted octanol–water partition coefficient (Wildman–Crippen LogP) is 7.22. The molecule has 4 aromatic carbocycles. The number of sulfonamides is 1. The fourth-order valence-electron chi connectivity index (χ4n) is 3.25. The molecule has 2 N–H and O–H groups in total. The summed E-state index contributed by atoms with van der Waals surface area (Å²) >= 11 is 13.7. The number of anilines is 2.